The normalized spacial score (nSPS) is 13.1. The van der Waals surface area contributed by atoms with Crippen molar-refractivity contribution in [1.82, 2.24) is 31.9 Å². The first kappa shape index (κ1) is 54.3. The van der Waals surface area contributed by atoms with Gasteiger partial charge in [0.05, 0.1) is 0 Å². The van der Waals surface area contributed by atoms with Gasteiger partial charge in [-0.05, 0) is 114 Å². The molecule has 11 N–H and O–H groups in total. The molecule has 3 rings (SSSR count). The zero-order chi connectivity index (χ0) is 49.7. The molecule has 0 aliphatic carbocycles. The van der Waals surface area contributed by atoms with Crippen LogP contribution in [0.25, 0.3) is 0 Å². The number of nitrogens with zero attached hydrogens (tertiary/aromatic N) is 2. The van der Waals surface area contributed by atoms with Gasteiger partial charge in [-0.2, -0.15) is 0 Å². The summed E-state index contributed by atoms with van der Waals surface area (Å²) in [6.45, 7) is 8.60. The lowest BCUT2D eigenvalue weighted by Crippen LogP contribution is -2.59. The van der Waals surface area contributed by atoms with Gasteiger partial charge in [-0.1, -0.05) is 60.1 Å². The highest BCUT2D eigenvalue weighted by molar-refractivity contribution is 6.31. The smallest absolute Gasteiger partial charge is 0.408 e. The number of ether oxygens (including phenoxy) is 2. The van der Waals surface area contributed by atoms with E-state index in [4.69, 9.17) is 32.5 Å². The van der Waals surface area contributed by atoms with Crippen molar-refractivity contribution in [2.75, 3.05) is 13.1 Å². The number of nitrogens with two attached hydrogens (primary N) is 2. The number of alkyl carbamates (subject to hydrolysis) is 2. The molecule has 0 unspecified atom stereocenters. The number of carbonyl (C=O) groups is 6. The van der Waals surface area contributed by atoms with Crippen molar-refractivity contribution in [3.8, 4) is 5.75 Å². The molecule has 0 saturated heterocycles. The molecule has 3 aromatic rings. The Kier molecular flexibility index (Phi) is 21.8. The van der Waals surface area contributed by atoms with Crippen LogP contribution in [0.15, 0.2) is 71.8 Å². The molecule has 21 nitrogen and oxygen atoms in total. The molecule has 6 amide bonds. The lowest BCUT2D eigenvalue weighted by atomic mass is 9.95. The number of aryl methyl sites for hydroxylation is 2. The van der Waals surface area contributed by atoms with Crippen LogP contribution in [0, 0.1) is 24.0 Å². The third kappa shape index (κ3) is 20.0. The monoisotopic (exact) mass is 952 g/mol. The Labute approximate surface area is 393 Å². The van der Waals surface area contributed by atoms with Gasteiger partial charge in [-0.3, -0.25) is 24.5 Å². The lowest BCUT2D eigenvalue weighted by Gasteiger charge is -2.28. The van der Waals surface area contributed by atoms with Crippen molar-refractivity contribution in [2.45, 2.75) is 116 Å². The summed E-state index contributed by atoms with van der Waals surface area (Å²) in [6, 6.07) is 13.0. The Morgan fingerprint density at radius 3 is 1.93 bits per heavy atom. The van der Waals surface area contributed by atoms with Gasteiger partial charge in [-0.15, -0.1) is 0 Å². The third-order valence-corrected chi connectivity index (χ3v) is 10.3. The summed E-state index contributed by atoms with van der Waals surface area (Å²) >= 11 is 6.16. The number of hydrogen-bond acceptors (Lipinski definition) is 12. The molecule has 0 aliphatic rings. The number of aromatic hydroxyl groups is 1. The maximum Gasteiger partial charge on any atom is 0.408 e. The Balaban J connectivity index is 1.95. The largest absolute Gasteiger partial charge is 0.508 e. The van der Waals surface area contributed by atoms with E-state index in [0.717, 1.165) is 0 Å². The van der Waals surface area contributed by atoms with E-state index in [1.165, 1.54) is 12.1 Å². The van der Waals surface area contributed by atoms with Crippen LogP contribution < -0.4 is 43.4 Å². The van der Waals surface area contributed by atoms with E-state index in [-0.39, 0.29) is 64.0 Å². The molecule has 0 bridgehead atoms. The molecule has 3 aromatic carbocycles. The van der Waals surface area contributed by atoms with Gasteiger partial charge in [0, 0.05) is 30.0 Å². The number of hydrogen-bond donors (Lipinski definition) is 9. The van der Waals surface area contributed by atoms with Crippen LogP contribution in [0.5, 0.6) is 5.75 Å². The van der Waals surface area contributed by atoms with Crippen molar-refractivity contribution in [3.63, 3.8) is 0 Å². The Morgan fingerprint density at radius 1 is 0.776 bits per heavy atom. The van der Waals surface area contributed by atoms with Crippen molar-refractivity contribution in [2.24, 2.45) is 16.6 Å². The van der Waals surface area contributed by atoms with Gasteiger partial charge in [0.1, 0.15) is 47.2 Å². The highest BCUT2D eigenvalue weighted by Crippen LogP contribution is 2.23. The predicted octanol–water partition coefficient (Wildman–Crippen LogP) is 3.25. The number of halogens is 1. The van der Waals surface area contributed by atoms with Crippen LogP contribution in [0.4, 0.5) is 9.59 Å². The number of phenols is 1. The zero-order valence-corrected chi connectivity index (χ0v) is 38.9. The summed E-state index contributed by atoms with van der Waals surface area (Å²) < 4.78 is 10.6. The average Bonchev–Trinajstić information content (AvgIpc) is 3.24. The fraction of sp³-hybridized carbons (Fsp3) is 0.444. The van der Waals surface area contributed by atoms with Gasteiger partial charge >= 0.3 is 12.2 Å². The summed E-state index contributed by atoms with van der Waals surface area (Å²) in [5.41, 5.74) is 13.4. The molecule has 364 valence electrons. The maximum absolute atomic E-state index is 14.5. The van der Waals surface area contributed by atoms with E-state index in [2.05, 4.69) is 37.0 Å². The molecule has 0 radical (unpaired) electrons. The predicted molar refractivity (Wildman–Crippen MR) is 249 cm³/mol. The van der Waals surface area contributed by atoms with Gasteiger partial charge < -0.3 is 52.6 Å². The van der Waals surface area contributed by atoms with Crippen LogP contribution in [0.1, 0.15) is 80.7 Å². The van der Waals surface area contributed by atoms with Crippen molar-refractivity contribution < 1.29 is 48.4 Å². The molecule has 0 fully saturated rings. The molecule has 0 heterocycles. The first-order chi connectivity index (χ1) is 31.6. The molecule has 0 saturated carbocycles. The third-order valence-electron chi connectivity index (χ3n) is 9.92. The zero-order valence-electron chi connectivity index (χ0n) is 38.2. The summed E-state index contributed by atoms with van der Waals surface area (Å²) in [7, 11) is 0. The Hall–Kier alpha value is -7.00. The number of hydrazone groups is 1. The lowest BCUT2D eigenvalue weighted by molar-refractivity contribution is -0.485. The Bertz CT molecular complexity index is 2200. The van der Waals surface area contributed by atoms with E-state index in [0.29, 0.717) is 39.3 Å². The highest BCUT2D eigenvalue weighted by Gasteiger charge is 2.33. The van der Waals surface area contributed by atoms with Gasteiger partial charge in [0.2, 0.25) is 23.6 Å². The second-order valence-electron chi connectivity index (χ2n) is 16.6. The first-order valence-electron chi connectivity index (χ1n) is 21.5. The number of unbranched alkanes of at least 4 members (excludes halogenated alkanes) is 1. The molecule has 22 heteroatoms. The quantitative estimate of drug-likeness (QED) is 0.0217. The number of rotatable bonds is 23. The summed E-state index contributed by atoms with van der Waals surface area (Å²) in [4.78, 5) is 92.6. The molecular weight excluding hydrogens is 892 g/mol. The number of nitro groups is 1. The van der Waals surface area contributed by atoms with Gasteiger partial charge in [0.15, 0.2) is 5.03 Å². The van der Waals surface area contributed by atoms with Crippen molar-refractivity contribution in [1.29, 1.82) is 0 Å². The molecule has 0 aromatic heterocycles. The van der Waals surface area contributed by atoms with E-state index in [9.17, 15) is 44.0 Å². The number of amides is 6. The number of phenolic OH excluding ortho intramolecular Hbond substituents is 1. The second-order valence-corrected chi connectivity index (χ2v) is 17.0. The molecule has 0 aliphatic heterocycles. The fourth-order valence-corrected chi connectivity index (χ4v) is 6.88. The second kappa shape index (κ2) is 26.8. The highest BCUT2D eigenvalue weighted by atomic mass is 35.5. The van der Waals surface area contributed by atoms with Crippen LogP contribution in [-0.4, -0.2) is 94.8 Å². The minimum atomic E-state index is -1.40. The van der Waals surface area contributed by atoms with Gasteiger partial charge in [0.25, 0.3) is 5.96 Å². The van der Waals surface area contributed by atoms with E-state index in [1.807, 2.05) is 0 Å². The summed E-state index contributed by atoms with van der Waals surface area (Å²) in [5.74, 6) is -4.24. The Morgan fingerprint density at radius 2 is 1.33 bits per heavy atom. The first-order valence-corrected chi connectivity index (χ1v) is 21.9. The number of benzene rings is 3. The minimum absolute atomic E-state index is 0.0206. The maximum atomic E-state index is 14.5. The van der Waals surface area contributed by atoms with Crippen LogP contribution >= 0.6 is 11.6 Å². The SMILES string of the molecule is Cc1cc(O)cc(C)c1C[C@H](NC(=O)[C@@H](CCCN)NC(=O)OC(C)(C)C)C(=O)N[C@@H](CCCCNC(=O)OCc1ccccc1Cl)C(=O)N[C@@H](Cc1ccccc1)C(=O)NC(N)=N[N+](=O)[O-]. The van der Waals surface area contributed by atoms with Gasteiger partial charge in [-0.25, -0.2) is 19.7 Å². The summed E-state index contributed by atoms with van der Waals surface area (Å²) in [6.07, 6.45) is -0.997. The van der Waals surface area contributed by atoms with Crippen LogP contribution in [0.2, 0.25) is 5.02 Å². The molecule has 4 atom stereocenters. The molecule has 67 heavy (non-hydrogen) atoms. The average molecular weight is 953 g/mol. The number of nitrogens with one attached hydrogen (secondary N) is 6. The number of guanidine groups is 1. The standard InChI is InChI=1S/C45H61ClN10O11/c1-27-22-31(57)23-28(2)32(27)25-37(52-39(59)35(19-13-20-47)53-44(63)67-45(3,4)5)40(60)50-34(18-11-12-21-49-43(62)66-26-30-16-9-10-17-33(30)46)38(58)51-36(24-29-14-7-6-8-15-29)41(61)54-42(48)55-56(64)65/h6-10,14-17,22-23,34-37,57H,11-13,18-21,24-26,47H2,1-5H3,(H,49,62)(H,50,60)(H,51,58)(H,52,59)(H,53,63)(H3,48,54,55,61)/t34-,35+,36-,37-/m0/s1. The minimum Gasteiger partial charge on any atom is -0.508 e. The van der Waals surface area contributed by atoms with Crippen LogP contribution in [-0.2, 0) is 48.1 Å². The topological polar surface area (TPSA) is 321 Å². The van der Waals surface area contributed by atoms with Crippen molar-refractivity contribution >= 4 is 53.4 Å². The van der Waals surface area contributed by atoms with E-state index in [1.54, 1.807) is 89.2 Å². The molecular formula is C45H61ClN10O11. The van der Waals surface area contributed by atoms with E-state index < -0.39 is 76.6 Å². The molecule has 0 spiro atoms. The van der Waals surface area contributed by atoms with Crippen LogP contribution in [0.3, 0.4) is 0 Å². The fourth-order valence-electron chi connectivity index (χ4n) is 6.69. The summed E-state index contributed by atoms with van der Waals surface area (Å²) in [5, 5.41) is 38.8. The van der Waals surface area contributed by atoms with Crippen molar-refractivity contribution in [3.05, 3.63) is 110 Å². The van der Waals surface area contributed by atoms with E-state index >= 15 is 0 Å². The number of carbonyl (C=O) groups excluding carboxylic acids is 6.